The monoisotopic (exact) mass is 276 g/mol. The number of aryl methyl sites for hydroxylation is 1. The second kappa shape index (κ2) is 5.38. The van der Waals surface area contributed by atoms with Gasteiger partial charge in [-0.25, -0.2) is 0 Å². The molecular formula is C15H24N4O. The van der Waals surface area contributed by atoms with Gasteiger partial charge in [0.2, 0.25) is 5.91 Å². The molecule has 1 N–H and O–H groups in total. The first-order valence-electron chi connectivity index (χ1n) is 7.17. The van der Waals surface area contributed by atoms with E-state index in [1.165, 1.54) is 5.57 Å². The Morgan fingerprint density at radius 1 is 1.50 bits per heavy atom. The van der Waals surface area contributed by atoms with Crippen LogP contribution in [0.25, 0.3) is 0 Å². The number of nitrogens with one attached hydrogen (secondary N) is 1. The van der Waals surface area contributed by atoms with Crippen molar-refractivity contribution in [2.24, 2.45) is 17.3 Å². The minimum atomic E-state index is 0.0553. The first-order chi connectivity index (χ1) is 9.37. The molecule has 20 heavy (non-hydrogen) atoms. The van der Waals surface area contributed by atoms with Crippen LogP contribution in [0, 0.1) is 17.3 Å². The lowest BCUT2D eigenvalue weighted by molar-refractivity contribution is -0.123. The van der Waals surface area contributed by atoms with Gasteiger partial charge in [0, 0.05) is 6.54 Å². The van der Waals surface area contributed by atoms with Crippen molar-refractivity contribution in [3.05, 3.63) is 23.8 Å². The Kier molecular flexibility index (Phi) is 3.97. The van der Waals surface area contributed by atoms with Crippen LogP contribution < -0.4 is 5.32 Å². The number of allylic oxidation sites excluding steroid dienone is 2. The molecule has 0 spiro atoms. The number of hydrogen-bond donors (Lipinski definition) is 1. The van der Waals surface area contributed by atoms with E-state index in [2.05, 4.69) is 49.3 Å². The van der Waals surface area contributed by atoms with Crippen molar-refractivity contribution in [2.45, 2.75) is 47.7 Å². The third-order valence-corrected chi connectivity index (χ3v) is 4.16. The standard InChI is InChI=1S/C15H24N4O/c1-6-19-9-17-18-12(19)8-16-14(20)13-11(7-10(2)3)15(13,4)5/h7,9,11,13H,6,8H2,1-5H3,(H,16,20)/t11-,13+/m1/s1. The molecule has 1 saturated carbocycles. The van der Waals surface area contributed by atoms with Crippen LogP contribution in [0.3, 0.4) is 0 Å². The largest absolute Gasteiger partial charge is 0.349 e. The number of hydrogen-bond acceptors (Lipinski definition) is 3. The Bertz CT molecular complexity index is 526. The fraction of sp³-hybridized carbons (Fsp3) is 0.667. The van der Waals surface area contributed by atoms with Gasteiger partial charge in [0.1, 0.15) is 6.33 Å². The first kappa shape index (κ1) is 14.8. The Morgan fingerprint density at radius 3 is 2.80 bits per heavy atom. The van der Waals surface area contributed by atoms with E-state index < -0.39 is 0 Å². The number of aromatic nitrogens is 3. The summed E-state index contributed by atoms with van der Waals surface area (Å²) in [5, 5.41) is 10.9. The minimum Gasteiger partial charge on any atom is -0.349 e. The van der Waals surface area contributed by atoms with E-state index in [1.54, 1.807) is 6.33 Å². The Balaban J connectivity index is 1.95. The highest BCUT2D eigenvalue weighted by atomic mass is 16.2. The van der Waals surface area contributed by atoms with Gasteiger partial charge in [0.15, 0.2) is 5.82 Å². The zero-order chi connectivity index (χ0) is 14.9. The minimum absolute atomic E-state index is 0.0553. The number of carbonyl (C=O) groups excluding carboxylic acids is 1. The van der Waals surface area contributed by atoms with Crippen molar-refractivity contribution in [3.63, 3.8) is 0 Å². The molecule has 1 aromatic heterocycles. The van der Waals surface area contributed by atoms with Crippen molar-refractivity contribution in [1.82, 2.24) is 20.1 Å². The summed E-state index contributed by atoms with van der Waals surface area (Å²) in [5.41, 5.74) is 1.32. The van der Waals surface area contributed by atoms with E-state index in [9.17, 15) is 4.79 Å². The van der Waals surface area contributed by atoms with Gasteiger partial charge in [-0.3, -0.25) is 4.79 Å². The lowest BCUT2D eigenvalue weighted by Gasteiger charge is -2.06. The van der Waals surface area contributed by atoms with Crippen LogP contribution in [-0.4, -0.2) is 20.7 Å². The van der Waals surface area contributed by atoms with Crippen molar-refractivity contribution < 1.29 is 4.79 Å². The summed E-state index contributed by atoms with van der Waals surface area (Å²) in [6, 6.07) is 0. The van der Waals surface area contributed by atoms with E-state index in [0.29, 0.717) is 12.5 Å². The van der Waals surface area contributed by atoms with E-state index in [0.717, 1.165) is 12.4 Å². The molecule has 2 rings (SSSR count). The van der Waals surface area contributed by atoms with Crippen molar-refractivity contribution >= 4 is 5.91 Å². The Labute approximate surface area is 120 Å². The smallest absolute Gasteiger partial charge is 0.224 e. The SMILES string of the molecule is CCn1cnnc1CNC(=O)[C@@H]1[C@@H](C=C(C)C)C1(C)C. The first-order valence-corrected chi connectivity index (χ1v) is 7.17. The fourth-order valence-corrected chi connectivity index (χ4v) is 2.80. The number of carbonyl (C=O) groups is 1. The van der Waals surface area contributed by atoms with Crippen LogP contribution >= 0.6 is 0 Å². The molecule has 2 atom stereocenters. The van der Waals surface area contributed by atoms with Gasteiger partial charge in [-0.15, -0.1) is 10.2 Å². The van der Waals surface area contributed by atoms with Gasteiger partial charge in [-0.05, 0) is 32.1 Å². The van der Waals surface area contributed by atoms with Crippen molar-refractivity contribution in [3.8, 4) is 0 Å². The molecule has 0 saturated heterocycles. The molecule has 0 aliphatic heterocycles. The van der Waals surface area contributed by atoms with Gasteiger partial charge >= 0.3 is 0 Å². The van der Waals surface area contributed by atoms with Crippen LogP contribution in [0.5, 0.6) is 0 Å². The number of nitrogens with zero attached hydrogens (tertiary/aromatic N) is 3. The summed E-state index contributed by atoms with van der Waals surface area (Å²) in [5.74, 6) is 1.33. The van der Waals surface area contributed by atoms with Crippen LogP contribution in [0.4, 0.5) is 0 Å². The molecule has 1 fully saturated rings. The molecule has 1 amide bonds. The normalized spacial score (nSPS) is 23.2. The maximum Gasteiger partial charge on any atom is 0.224 e. The predicted octanol–water partition coefficient (Wildman–Crippen LogP) is 2.15. The maximum absolute atomic E-state index is 12.3. The van der Waals surface area contributed by atoms with E-state index in [1.807, 2.05) is 11.5 Å². The molecule has 5 heteroatoms. The Morgan fingerprint density at radius 2 is 2.20 bits per heavy atom. The van der Waals surface area contributed by atoms with E-state index in [-0.39, 0.29) is 17.2 Å². The van der Waals surface area contributed by atoms with Gasteiger partial charge in [0.25, 0.3) is 0 Å². The van der Waals surface area contributed by atoms with Crippen molar-refractivity contribution in [1.29, 1.82) is 0 Å². The van der Waals surface area contributed by atoms with Crippen LogP contribution in [0.15, 0.2) is 18.0 Å². The zero-order valence-electron chi connectivity index (χ0n) is 13.0. The van der Waals surface area contributed by atoms with Crippen molar-refractivity contribution in [2.75, 3.05) is 0 Å². The fourth-order valence-electron chi connectivity index (χ4n) is 2.80. The summed E-state index contributed by atoms with van der Waals surface area (Å²) in [4.78, 5) is 12.3. The summed E-state index contributed by atoms with van der Waals surface area (Å²) in [6.07, 6.45) is 3.90. The van der Waals surface area contributed by atoms with Crippen LogP contribution in [0.1, 0.15) is 40.4 Å². The molecule has 0 bridgehead atoms. The summed E-state index contributed by atoms with van der Waals surface area (Å²) in [7, 11) is 0. The lowest BCUT2D eigenvalue weighted by atomic mass is 10.1. The summed E-state index contributed by atoms with van der Waals surface area (Å²) >= 11 is 0. The molecule has 1 aliphatic carbocycles. The van der Waals surface area contributed by atoms with Crippen LogP contribution in [-0.2, 0) is 17.9 Å². The van der Waals surface area contributed by atoms with E-state index in [4.69, 9.17) is 0 Å². The highest BCUT2D eigenvalue weighted by Gasteiger charge is 2.60. The summed E-state index contributed by atoms with van der Waals surface area (Å²) < 4.78 is 1.94. The van der Waals surface area contributed by atoms with Gasteiger partial charge in [-0.2, -0.15) is 0 Å². The maximum atomic E-state index is 12.3. The third kappa shape index (κ3) is 2.76. The zero-order valence-corrected chi connectivity index (χ0v) is 13.0. The molecule has 0 aromatic carbocycles. The molecule has 110 valence electrons. The average Bonchev–Trinajstić information content (AvgIpc) is 2.76. The molecule has 0 radical (unpaired) electrons. The molecule has 0 unspecified atom stereocenters. The molecular weight excluding hydrogens is 252 g/mol. The van der Waals surface area contributed by atoms with E-state index >= 15 is 0 Å². The number of amides is 1. The Hall–Kier alpha value is -1.65. The van der Waals surface area contributed by atoms with Gasteiger partial charge in [-0.1, -0.05) is 25.5 Å². The van der Waals surface area contributed by atoms with Crippen LogP contribution in [0.2, 0.25) is 0 Å². The number of rotatable bonds is 5. The summed E-state index contributed by atoms with van der Waals surface area (Å²) in [6.45, 7) is 11.7. The van der Waals surface area contributed by atoms with Gasteiger partial charge in [0.05, 0.1) is 12.5 Å². The lowest BCUT2D eigenvalue weighted by Crippen LogP contribution is -2.27. The highest BCUT2D eigenvalue weighted by Crippen LogP contribution is 2.59. The quantitative estimate of drug-likeness (QED) is 0.838. The molecule has 1 aliphatic rings. The highest BCUT2D eigenvalue weighted by molar-refractivity contribution is 5.83. The second-order valence-electron chi connectivity index (χ2n) is 6.32. The third-order valence-electron chi connectivity index (χ3n) is 4.16. The molecule has 1 aromatic rings. The average molecular weight is 276 g/mol. The molecule has 1 heterocycles. The van der Waals surface area contributed by atoms with Gasteiger partial charge < -0.3 is 9.88 Å². The predicted molar refractivity (Wildman–Crippen MR) is 77.7 cm³/mol. The molecule has 5 nitrogen and oxygen atoms in total. The topological polar surface area (TPSA) is 59.8 Å². The second-order valence-corrected chi connectivity index (χ2v) is 6.32.